The number of para-hydroxylation sites is 1. The molecule has 25 heavy (non-hydrogen) atoms. The Bertz CT molecular complexity index is 844. The fraction of sp³-hybridized carbons (Fsp3) is 0.350. The third-order valence-corrected chi connectivity index (χ3v) is 6.04. The number of fused-ring (bicyclic) bond motifs is 1. The summed E-state index contributed by atoms with van der Waals surface area (Å²) in [6.07, 6.45) is 3.34. The van der Waals surface area contributed by atoms with Crippen LogP contribution in [0.5, 0.6) is 5.75 Å². The van der Waals surface area contributed by atoms with Gasteiger partial charge in [0.05, 0.1) is 16.8 Å². The highest BCUT2D eigenvalue weighted by atomic mass is 32.1. The Morgan fingerprint density at radius 3 is 2.88 bits per heavy atom. The van der Waals surface area contributed by atoms with Crippen LogP contribution in [0.15, 0.2) is 42.5 Å². The molecular formula is C20H22N2O2S. The van der Waals surface area contributed by atoms with Gasteiger partial charge in [-0.05, 0) is 49.7 Å². The van der Waals surface area contributed by atoms with E-state index in [0.29, 0.717) is 12.3 Å². The zero-order chi connectivity index (χ0) is 17.2. The second-order valence-corrected chi connectivity index (χ2v) is 7.66. The minimum absolute atomic E-state index is 0.179. The van der Waals surface area contributed by atoms with Crippen molar-refractivity contribution in [1.29, 1.82) is 0 Å². The molecule has 0 saturated carbocycles. The SMILES string of the molecule is OC[C@H]1CCCCN1Cc1cc(-c2nc3ccccc3s2)ccc1O. The van der Waals surface area contributed by atoms with E-state index in [1.165, 1.54) is 11.1 Å². The first-order chi connectivity index (χ1) is 12.2. The average molecular weight is 354 g/mol. The predicted octanol–water partition coefficient (Wildman–Crippen LogP) is 4.02. The second-order valence-electron chi connectivity index (χ2n) is 6.63. The Balaban J connectivity index is 1.64. The van der Waals surface area contributed by atoms with Crippen molar-refractivity contribution in [1.82, 2.24) is 9.88 Å². The zero-order valence-electron chi connectivity index (χ0n) is 14.1. The summed E-state index contributed by atoms with van der Waals surface area (Å²) in [5.74, 6) is 0.312. The van der Waals surface area contributed by atoms with Crippen LogP contribution >= 0.6 is 11.3 Å². The van der Waals surface area contributed by atoms with Crippen LogP contribution in [0.3, 0.4) is 0 Å². The Morgan fingerprint density at radius 2 is 2.04 bits per heavy atom. The molecule has 0 unspecified atom stereocenters. The number of aromatic nitrogens is 1. The minimum atomic E-state index is 0.179. The molecule has 0 radical (unpaired) electrons. The van der Waals surface area contributed by atoms with E-state index < -0.39 is 0 Å². The number of aliphatic hydroxyl groups excluding tert-OH is 1. The number of piperidine rings is 1. The van der Waals surface area contributed by atoms with Gasteiger partial charge in [0, 0.05) is 23.7 Å². The molecule has 0 amide bonds. The third-order valence-electron chi connectivity index (χ3n) is 4.95. The number of likely N-dealkylation sites (tertiary alicyclic amines) is 1. The lowest BCUT2D eigenvalue weighted by atomic mass is 10.0. The van der Waals surface area contributed by atoms with Crippen LogP contribution in [0.4, 0.5) is 0 Å². The lowest BCUT2D eigenvalue weighted by Crippen LogP contribution is -2.41. The number of nitrogens with zero attached hydrogens (tertiary/aromatic N) is 2. The summed E-state index contributed by atoms with van der Waals surface area (Å²) in [7, 11) is 0. The fourth-order valence-corrected chi connectivity index (χ4v) is 4.50. The van der Waals surface area contributed by atoms with Gasteiger partial charge in [0.1, 0.15) is 10.8 Å². The monoisotopic (exact) mass is 354 g/mol. The van der Waals surface area contributed by atoms with E-state index in [1.807, 2.05) is 30.3 Å². The Labute approximate surface area is 151 Å². The molecule has 130 valence electrons. The molecule has 0 spiro atoms. The number of aromatic hydroxyl groups is 1. The molecule has 2 aromatic carbocycles. The van der Waals surface area contributed by atoms with Crippen LogP contribution in [0.1, 0.15) is 24.8 Å². The summed E-state index contributed by atoms with van der Waals surface area (Å²) in [5, 5.41) is 20.9. The number of hydrogen-bond acceptors (Lipinski definition) is 5. The average Bonchev–Trinajstić information content (AvgIpc) is 3.08. The van der Waals surface area contributed by atoms with E-state index >= 15 is 0 Å². The Morgan fingerprint density at radius 1 is 1.16 bits per heavy atom. The first-order valence-corrected chi connectivity index (χ1v) is 9.59. The molecule has 2 N–H and O–H groups in total. The summed E-state index contributed by atoms with van der Waals surface area (Å²) in [5.41, 5.74) is 2.94. The molecule has 1 aliphatic rings. The Kier molecular flexibility index (Phi) is 4.70. The van der Waals surface area contributed by atoms with E-state index in [4.69, 9.17) is 4.98 Å². The van der Waals surface area contributed by atoms with Crippen molar-refractivity contribution in [3.05, 3.63) is 48.0 Å². The highest BCUT2D eigenvalue weighted by Crippen LogP contribution is 2.33. The summed E-state index contributed by atoms with van der Waals surface area (Å²) in [6.45, 7) is 1.81. The number of hydrogen-bond donors (Lipinski definition) is 2. The van der Waals surface area contributed by atoms with E-state index in [-0.39, 0.29) is 12.6 Å². The molecule has 0 aliphatic carbocycles. The van der Waals surface area contributed by atoms with Crippen LogP contribution in [-0.4, -0.2) is 39.3 Å². The summed E-state index contributed by atoms with van der Waals surface area (Å²) < 4.78 is 1.17. The molecule has 1 aliphatic heterocycles. The molecule has 1 aromatic heterocycles. The first kappa shape index (κ1) is 16.5. The fourth-order valence-electron chi connectivity index (χ4n) is 3.53. The minimum Gasteiger partial charge on any atom is -0.508 e. The van der Waals surface area contributed by atoms with Crippen LogP contribution in [0, 0.1) is 0 Å². The number of phenolic OH excluding ortho intramolecular Hbond substituents is 1. The first-order valence-electron chi connectivity index (χ1n) is 8.77. The Hall–Kier alpha value is -1.95. The number of aliphatic hydroxyl groups is 1. The number of phenols is 1. The summed E-state index contributed by atoms with van der Waals surface area (Å²) in [4.78, 5) is 6.99. The number of rotatable bonds is 4. The maximum atomic E-state index is 10.3. The molecule has 1 fully saturated rings. The van der Waals surface area contributed by atoms with E-state index in [0.717, 1.165) is 41.0 Å². The largest absolute Gasteiger partial charge is 0.508 e. The van der Waals surface area contributed by atoms with E-state index in [9.17, 15) is 10.2 Å². The quantitative estimate of drug-likeness (QED) is 0.743. The van der Waals surface area contributed by atoms with Crippen molar-refractivity contribution in [3.8, 4) is 16.3 Å². The van der Waals surface area contributed by atoms with Gasteiger partial charge in [0.15, 0.2) is 0 Å². The van der Waals surface area contributed by atoms with Gasteiger partial charge in [0.2, 0.25) is 0 Å². The molecule has 2 heterocycles. The molecule has 1 atom stereocenters. The van der Waals surface area contributed by atoms with Gasteiger partial charge < -0.3 is 10.2 Å². The maximum absolute atomic E-state index is 10.3. The molecule has 4 rings (SSSR count). The van der Waals surface area contributed by atoms with E-state index in [2.05, 4.69) is 11.0 Å². The highest BCUT2D eigenvalue weighted by Gasteiger charge is 2.22. The highest BCUT2D eigenvalue weighted by molar-refractivity contribution is 7.21. The number of benzene rings is 2. The maximum Gasteiger partial charge on any atom is 0.124 e. The summed E-state index contributed by atoms with van der Waals surface area (Å²) in [6, 6.07) is 14.0. The van der Waals surface area contributed by atoms with E-state index in [1.54, 1.807) is 17.4 Å². The van der Waals surface area contributed by atoms with Crippen molar-refractivity contribution in [2.75, 3.05) is 13.2 Å². The van der Waals surface area contributed by atoms with Gasteiger partial charge in [0.25, 0.3) is 0 Å². The van der Waals surface area contributed by atoms with Gasteiger partial charge in [-0.15, -0.1) is 11.3 Å². The lowest BCUT2D eigenvalue weighted by Gasteiger charge is -2.34. The van der Waals surface area contributed by atoms with Gasteiger partial charge in [-0.1, -0.05) is 18.6 Å². The van der Waals surface area contributed by atoms with Crippen molar-refractivity contribution in [2.24, 2.45) is 0 Å². The van der Waals surface area contributed by atoms with Crippen LogP contribution < -0.4 is 0 Å². The molecule has 4 nitrogen and oxygen atoms in total. The van der Waals surface area contributed by atoms with Gasteiger partial charge >= 0.3 is 0 Å². The van der Waals surface area contributed by atoms with Crippen molar-refractivity contribution in [2.45, 2.75) is 31.8 Å². The molecule has 3 aromatic rings. The van der Waals surface area contributed by atoms with Crippen LogP contribution in [-0.2, 0) is 6.54 Å². The van der Waals surface area contributed by atoms with Gasteiger partial charge in [-0.3, -0.25) is 4.90 Å². The standard InChI is InChI=1S/C20H22N2O2S/c23-13-16-5-3-4-10-22(16)12-15-11-14(8-9-18(15)24)20-21-17-6-1-2-7-19(17)25-20/h1-2,6-9,11,16,23-24H,3-5,10,12-13H2/t16-/m1/s1. The van der Waals surface area contributed by atoms with Gasteiger partial charge in [-0.25, -0.2) is 4.98 Å². The van der Waals surface area contributed by atoms with Crippen LogP contribution in [0.2, 0.25) is 0 Å². The van der Waals surface area contributed by atoms with Crippen molar-refractivity contribution < 1.29 is 10.2 Å². The van der Waals surface area contributed by atoms with Crippen LogP contribution in [0.25, 0.3) is 20.8 Å². The molecular weight excluding hydrogens is 332 g/mol. The third kappa shape index (κ3) is 3.40. The molecule has 0 bridgehead atoms. The van der Waals surface area contributed by atoms with Gasteiger partial charge in [-0.2, -0.15) is 0 Å². The zero-order valence-corrected chi connectivity index (χ0v) is 14.9. The smallest absolute Gasteiger partial charge is 0.124 e. The van der Waals surface area contributed by atoms with Crippen molar-refractivity contribution >= 4 is 21.6 Å². The topological polar surface area (TPSA) is 56.6 Å². The normalized spacial score (nSPS) is 18.7. The number of thiazole rings is 1. The molecule has 1 saturated heterocycles. The second kappa shape index (κ2) is 7.12. The predicted molar refractivity (Wildman–Crippen MR) is 102 cm³/mol. The molecule has 5 heteroatoms. The van der Waals surface area contributed by atoms with Crippen molar-refractivity contribution in [3.63, 3.8) is 0 Å². The summed E-state index contributed by atoms with van der Waals surface area (Å²) >= 11 is 1.67. The lowest BCUT2D eigenvalue weighted by molar-refractivity contribution is 0.0835.